The fourth-order valence-electron chi connectivity index (χ4n) is 2.55. The topological polar surface area (TPSA) is 44.5 Å². The van der Waals surface area contributed by atoms with Gasteiger partial charge in [0.15, 0.2) is 17.3 Å². The summed E-state index contributed by atoms with van der Waals surface area (Å²) in [6.07, 6.45) is 3.04. The minimum absolute atomic E-state index is 0.0439. The number of halogens is 2. The molecule has 3 nitrogen and oxygen atoms in total. The molecule has 0 heterocycles. The molecule has 2 rings (SSSR count). The van der Waals surface area contributed by atoms with Crippen molar-refractivity contribution < 1.29 is 13.9 Å². The predicted octanol–water partition coefficient (Wildman–Crippen LogP) is 2.88. The summed E-state index contributed by atoms with van der Waals surface area (Å²) in [6, 6.07) is 1.62. The van der Waals surface area contributed by atoms with E-state index in [4.69, 9.17) is 26.8 Å². The van der Waals surface area contributed by atoms with Gasteiger partial charge in [0.2, 0.25) is 0 Å². The van der Waals surface area contributed by atoms with E-state index in [9.17, 15) is 4.39 Å². The molecule has 0 aromatic heterocycles. The fourth-order valence-corrected chi connectivity index (χ4v) is 2.75. The van der Waals surface area contributed by atoms with Crippen molar-refractivity contribution >= 4 is 11.6 Å². The van der Waals surface area contributed by atoms with Gasteiger partial charge >= 0.3 is 0 Å². The van der Waals surface area contributed by atoms with Crippen molar-refractivity contribution in [1.82, 2.24) is 0 Å². The van der Waals surface area contributed by atoms with Crippen LogP contribution in [0.15, 0.2) is 6.07 Å². The molecule has 100 valence electrons. The van der Waals surface area contributed by atoms with Crippen molar-refractivity contribution in [3.8, 4) is 11.5 Å². The molecular weight excluding hydrogens is 257 g/mol. The van der Waals surface area contributed by atoms with E-state index in [1.807, 2.05) is 0 Å². The Kier molecular flexibility index (Phi) is 3.69. The molecule has 0 bridgehead atoms. The monoisotopic (exact) mass is 273 g/mol. The second-order valence-corrected chi connectivity index (χ2v) is 5.03. The van der Waals surface area contributed by atoms with E-state index < -0.39 is 5.82 Å². The van der Waals surface area contributed by atoms with Crippen LogP contribution in [0.4, 0.5) is 4.39 Å². The first kappa shape index (κ1) is 13.4. The second-order valence-electron chi connectivity index (χ2n) is 4.62. The summed E-state index contributed by atoms with van der Waals surface area (Å²) >= 11 is 5.92. The molecule has 1 aliphatic carbocycles. The zero-order chi connectivity index (χ0) is 13.3. The van der Waals surface area contributed by atoms with Gasteiger partial charge in [-0.1, -0.05) is 18.0 Å². The number of methoxy groups -OCH3 is 2. The zero-order valence-corrected chi connectivity index (χ0v) is 11.3. The Hall–Kier alpha value is -1.00. The minimum Gasteiger partial charge on any atom is -0.492 e. The maximum absolute atomic E-state index is 13.9. The normalized spacial score (nSPS) is 17.2. The van der Waals surface area contributed by atoms with E-state index in [1.54, 1.807) is 6.07 Å². The van der Waals surface area contributed by atoms with Crippen molar-refractivity contribution in [3.63, 3.8) is 0 Å². The summed E-state index contributed by atoms with van der Waals surface area (Å²) in [5, 5.41) is 0.0439. The molecule has 5 heteroatoms. The lowest BCUT2D eigenvalue weighted by atomic mass is 9.64. The number of nitrogens with two attached hydrogens (primary N) is 1. The Morgan fingerprint density at radius 1 is 1.33 bits per heavy atom. The molecule has 0 atom stereocenters. The van der Waals surface area contributed by atoms with Gasteiger partial charge in [0.1, 0.15) is 0 Å². The first-order valence-corrected chi connectivity index (χ1v) is 6.28. The van der Waals surface area contributed by atoms with Gasteiger partial charge in [-0.3, -0.25) is 0 Å². The van der Waals surface area contributed by atoms with Crippen LogP contribution in [-0.4, -0.2) is 20.8 Å². The van der Waals surface area contributed by atoms with Crippen molar-refractivity contribution in [1.29, 1.82) is 0 Å². The summed E-state index contributed by atoms with van der Waals surface area (Å²) in [5.74, 6) is -0.129. The number of rotatable bonds is 4. The largest absolute Gasteiger partial charge is 0.492 e. The lowest BCUT2D eigenvalue weighted by Crippen LogP contribution is -2.41. The third kappa shape index (κ3) is 1.84. The molecule has 1 aromatic rings. The van der Waals surface area contributed by atoms with Crippen LogP contribution < -0.4 is 15.2 Å². The van der Waals surface area contributed by atoms with Gasteiger partial charge in [0.05, 0.1) is 19.2 Å². The minimum atomic E-state index is -0.591. The summed E-state index contributed by atoms with van der Waals surface area (Å²) in [7, 11) is 2.90. The Bertz CT molecular complexity index is 455. The zero-order valence-electron chi connectivity index (χ0n) is 10.6. The molecule has 0 unspecified atom stereocenters. The molecular formula is C13H17ClFNO2. The van der Waals surface area contributed by atoms with Gasteiger partial charge < -0.3 is 15.2 Å². The highest BCUT2D eigenvalue weighted by Gasteiger charge is 2.41. The van der Waals surface area contributed by atoms with Crippen molar-refractivity contribution in [2.75, 3.05) is 20.8 Å². The van der Waals surface area contributed by atoms with Crippen LogP contribution in [0, 0.1) is 5.82 Å². The van der Waals surface area contributed by atoms with Crippen molar-refractivity contribution in [3.05, 3.63) is 22.5 Å². The van der Waals surface area contributed by atoms with Gasteiger partial charge in [-0.05, 0) is 18.9 Å². The molecule has 1 saturated carbocycles. The number of ether oxygens (including phenoxy) is 2. The first-order chi connectivity index (χ1) is 8.59. The van der Waals surface area contributed by atoms with E-state index in [2.05, 4.69) is 0 Å². The lowest BCUT2D eigenvalue weighted by molar-refractivity contribution is 0.238. The smallest absolute Gasteiger partial charge is 0.198 e. The van der Waals surface area contributed by atoms with Gasteiger partial charge in [-0.2, -0.15) is 0 Å². The summed E-state index contributed by atoms with van der Waals surface area (Å²) in [6.45, 7) is 0.495. The summed E-state index contributed by atoms with van der Waals surface area (Å²) in [4.78, 5) is 0. The molecule has 1 aliphatic rings. The van der Waals surface area contributed by atoms with Gasteiger partial charge in [0, 0.05) is 17.5 Å². The highest BCUT2D eigenvalue weighted by atomic mass is 35.5. The SMILES string of the molecule is COc1c(C2(CN)CCC2)cc(Cl)c(F)c1OC. The third-order valence-corrected chi connectivity index (χ3v) is 4.09. The van der Waals surface area contributed by atoms with Crippen molar-refractivity contribution in [2.24, 2.45) is 5.73 Å². The Morgan fingerprint density at radius 2 is 1.94 bits per heavy atom. The summed E-state index contributed by atoms with van der Waals surface area (Å²) in [5.41, 5.74) is 6.56. The molecule has 1 fully saturated rings. The Balaban J connectivity index is 2.63. The maximum atomic E-state index is 13.9. The van der Waals surface area contributed by atoms with E-state index in [1.165, 1.54) is 14.2 Å². The van der Waals surface area contributed by atoms with Gasteiger partial charge in [0.25, 0.3) is 0 Å². The number of hydrogen-bond acceptors (Lipinski definition) is 3. The van der Waals surface area contributed by atoms with Crippen LogP contribution >= 0.6 is 11.6 Å². The molecule has 1 aromatic carbocycles. The molecule has 0 amide bonds. The Morgan fingerprint density at radius 3 is 2.33 bits per heavy atom. The van der Waals surface area contributed by atoms with Gasteiger partial charge in [-0.25, -0.2) is 4.39 Å². The van der Waals surface area contributed by atoms with Crippen LogP contribution in [0.2, 0.25) is 5.02 Å². The average Bonchev–Trinajstić information content (AvgIpc) is 2.32. The lowest BCUT2D eigenvalue weighted by Gasteiger charge is -2.42. The van der Waals surface area contributed by atoms with E-state index in [0.29, 0.717) is 12.3 Å². The van der Waals surface area contributed by atoms with E-state index >= 15 is 0 Å². The van der Waals surface area contributed by atoms with Crippen molar-refractivity contribution in [2.45, 2.75) is 24.7 Å². The maximum Gasteiger partial charge on any atom is 0.198 e. The highest BCUT2D eigenvalue weighted by molar-refractivity contribution is 6.31. The predicted molar refractivity (Wildman–Crippen MR) is 69.1 cm³/mol. The van der Waals surface area contributed by atoms with Crippen LogP contribution in [0.3, 0.4) is 0 Å². The highest BCUT2D eigenvalue weighted by Crippen LogP contribution is 2.50. The van der Waals surface area contributed by atoms with E-state index in [0.717, 1.165) is 24.8 Å². The third-order valence-electron chi connectivity index (χ3n) is 3.81. The number of benzene rings is 1. The Labute approximate surface area is 111 Å². The van der Waals surface area contributed by atoms with Crippen LogP contribution in [0.25, 0.3) is 0 Å². The molecule has 0 radical (unpaired) electrons. The standard InChI is InChI=1S/C13H17ClFNO2/c1-17-11-8(13(7-16)4-3-5-13)6-9(14)10(15)12(11)18-2/h6H,3-5,7,16H2,1-2H3. The number of hydrogen-bond donors (Lipinski definition) is 1. The van der Waals surface area contributed by atoms with E-state index in [-0.39, 0.29) is 16.2 Å². The molecule has 0 spiro atoms. The average molecular weight is 274 g/mol. The fraction of sp³-hybridized carbons (Fsp3) is 0.538. The molecule has 0 aliphatic heterocycles. The second kappa shape index (κ2) is 4.94. The van der Waals surface area contributed by atoms with Crippen LogP contribution in [0.5, 0.6) is 11.5 Å². The van der Waals surface area contributed by atoms with Crippen LogP contribution in [0.1, 0.15) is 24.8 Å². The van der Waals surface area contributed by atoms with Gasteiger partial charge in [-0.15, -0.1) is 0 Å². The summed E-state index contributed by atoms with van der Waals surface area (Å²) < 4.78 is 24.3. The molecule has 0 saturated heterocycles. The first-order valence-electron chi connectivity index (χ1n) is 5.90. The molecule has 2 N–H and O–H groups in total. The molecule has 18 heavy (non-hydrogen) atoms. The quantitative estimate of drug-likeness (QED) is 0.917. The van der Waals surface area contributed by atoms with Crippen LogP contribution in [-0.2, 0) is 5.41 Å².